The second-order valence-corrected chi connectivity index (χ2v) is 10.7. The summed E-state index contributed by atoms with van der Waals surface area (Å²) in [5, 5.41) is 0. The van der Waals surface area contributed by atoms with E-state index < -0.39 is 23.0 Å². The van der Waals surface area contributed by atoms with Crippen molar-refractivity contribution in [1.29, 1.82) is 0 Å². The van der Waals surface area contributed by atoms with Crippen LogP contribution in [0.2, 0.25) is 0 Å². The molecule has 0 unspecified atom stereocenters. The summed E-state index contributed by atoms with van der Waals surface area (Å²) < 4.78 is 11.9. The average molecular weight is 552 g/mol. The van der Waals surface area contributed by atoms with Gasteiger partial charge in [-0.1, -0.05) is 121 Å². The molecule has 1 saturated heterocycles. The highest BCUT2D eigenvalue weighted by atomic mass is 16.6. The molecule has 2 aliphatic heterocycles. The Labute approximate surface area is 245 Å². The lowest BCUT2D eigenvalue weighted by Crippen LogP contribution is -2.54. The lowest BCUT2D eigenvalue weighted by atomic mass is 9.74. The van der Waals surface area contributed by atoms with Gasteiger partial charge in [0.15, 0.2) is 0 Å². The predicted octanol–water partition coefficient (Wildman–Crippen LogP) is 6.96. The van der Waals surface area contributed by atoms with Gasteiger partial charge in [0.1, 0.15) is 11.3 Å². The van der Waals surface area contributed by atoms with E-state index in [0.29, 0.717) is 17.0 Å². The number of hydrogen-bond acceptors (Lipinski definition) is 4. The Balaban J connectivity index is 1.59. The Morgan fingerprint density at radius 1 is 0.714 bits per heavy atom. The zero-order chi connectivity index (χ0) is 28.7. The second-order valence-electron chi connectivity index (χ2n) is 10.7. The topological polar surface area (TPSA) is 55.8 Å². The van der Waals surface area contributed by atoms with Crippen molar-refractivity contribution in [3.63, 3.8) is 0 Å². The quantitative estimate of drug-likeness (QED) is 0.169. The summed E-state index contributed by atoms with van der Waals surface area (Å²) in [6.07, 6.45) is 0.0925. The molecule has 2 heterocycles. The van der Waals surface area contributed by atoms with Gasteiger partial charge in [-0.15, -0.1) is 0 Å². The molecule has 0 aromatic heterocycles. The zero-order valence-electron chi connectivity index (χ0n) is 23.1. The Kier molecular flexibility index (Phi) is 6.16. The first-order chi connectivity index (χ1) is 20.6. The van der Waals surface area contributed by atoms with Crippen LogP contribution in [0.3, 0.4) is 0 Å². The van der Waals surface area contributed by atoms with Crippen LogP contribution in [0.1, 0.15) is 40.2 Å². The second kappa shape index (κ2) is 10.0. The van der Waals surface area contributed by atoms with E-state index in [0.717, 1.165) is 22.3 Å². The highest BCUT2D eigenvalue weighted by Crippen LogP contribution is 2.60. The zero-order valence-corrected chi connectivity index (χ0v) is 23.1. The van der Waals surface area contributed by atoms with Gasteiger partial charge >= 0.3 is 5.97 Å². The van der Waals surface area contributed by atoms with E-state index in [9.17, 15) is 4.79 Å². The van der Waals surface area contributed by atoms with Crippen molar-refractivity contribution in [3.8, 4) is 5.75 Å². The minimum absolute atomic E-state index is 0.0925. The Morgan fingerprint density at radius 3 is 1.71 bits per heavy atom. The number of methoxy groups -OCH3 is 1. The van der Waals surface area contributed by atoms with Crippen LogP contribution in [0.4, 0.5) is 5.69 Å². The molecular formula is C37H29NO4. The maximum Gasteiger partial charge on any atom is 0.308 e. The number of anilines is 1. The summed E-state index contributed by atoms with van der Waals surface area (Å²) in [7, 11) is 1.60. The van der Waals surface area contributed by atoms with Crippen molar-refractivity contribution >= 4 is 17.6 Å². The van der Waals surface area contributed by atoms with Crippen molar-refractivity contribution in [2.45, 2.75) is 23.5 Å². The van der Waals surface area contributed by atoms with Crippen LogP contribution >= 0.6 is 0 Å². The molecule has 1 amide bonds. The third-order valence-corrected chi connectivity index (χ3v) is 8.61. The van der Waals surface area contributed by atoms with Crippen LogP contribution in [-0.2, 0) is 25.5 Å². The molecule has 0 aliphatic carbocycles. The standard InChI is InChI=1S/C37H29NO4/c1-41-30-22-23-33-32(24-30)37(31(25-34(39)42-37)26-14-6-2-7-15-26)35(40)38(33)36(27-16-8-3-9-17-27,28-18-10-4-11-19-28)29-20-12-5-13-21-29/h2-24,31H,25H2,1H3/t31-,37+/m0/s1. The Bertz CT molecular complexity index is 1660. The normalized spacial score (nSPS) is 19.5. The van der Waals surface area contributed by atoms with Gasteiger partial charge in [-0.25, -0.2) is 0 Å². The van der Waals surface area contributed by atoms with Gasteiger partial charge in [0.25, 0.3) is 5.91 Å². The molecule has 5 heteroatoms. The van der Waals surface area contributed by atoms with Crippen LogP contribution in [-0.4, -0.2) is 19.0 Å². The summed E-state index contributed by atoms with van der Waals surface area (Å²) in [4.78, 5) is 30.6. The largest absolute Gasteiger partial charge is 0.497 e. The van der Waals surface area contributed by atoms with E-state index >= 15 is 4.79 Å². The molecule has 1 fully saturated rings. The van der Waals surface area contributed by atoms with Crippen molar-refractivity contribution < 1.29 is 19.1 Å². The van der Waals surface area contributed by atoms with E-state index in [1.165, 1.54) is 0 Å². The monoisotopic (exact) mass is 551 g/mol. The van der Waals surface area contributed by atoms with E-state index in [1.54, 1.807) is 7.11 Å². The van der Waals surface area contributed by atoms with E-state index in [4.69, 9.17) is 9.47 Å². The fraction of sp³-hybridized carbons (Fsp3) is 0.135. The van der Waals surface area contributed by atoms with Crippen LogP contribution in [0, 0.1) is 0 Å². The van der Waals surface area contributed by atoms with E-state index in [2.05, 4.69) is 36.4 Å². The molecule has 42 heavy (non-hydrogen) atoms. The third kappa shape index (κ3) is 3.63. The molecule has 0 N–H and O–H groups in total. The molecule has 2 atom stereocenters. The summed E-state index contributed by atoms with van der Waals surface area (Å²) >= 11 is 0. The fourth-order valence-electron chi connectivity index (χ4n) is 6.86. The molecule has 5 aromatic carbocycles. The number of ether oxygens (including phenoxy) is 2. The number of nitrogens with zero attached hydrogens (tertiary/aromatic N) is 1. The molecule has 5 nitrogen and oxygen atoms in total. The van der Waals surface area contributed by atoms with Crippen LogP contribution in [0.15, 0.2) is 140 Å². The maximum absolute atomic E-state index is 15.5. The van der Waals surface area contributed by atoms with E-state index in [1.807, 2.05) is 108 Å². The number of fused-ring (bicyclic) bond motifs is 2. The highest BCUT2D eigenvalue weighted by molar-refractivity contribution is 6.12. The average Bonchev–Trinajstić information content (AvgIpc) is 3.53. The number of amides is 1. The van der Waals surface area contributed by atoms with Crippen molar-refractivity contribution in [3.05, 3.63) is 167 Å². The third-order valence-electron chi connectivity index (χ3n) is 8.61. The molecule has 206 valence electrons. The molecule has 7 rings (SSSR count). The number of hydrogen-bond donors (Lipinski definition) is 0. The van der Waals surface area contributed by atoms with Crippen molar-refractivity contribution in [1.82, 2.24) is 0 Å². The van der Waals surface area contributed by atoms with Crippen LogP contribution in [0.5, 0.6) is 5.75 Å². The van der Waals surface area contributed by atoms with Gasteiger partial charge in [-0.2, -0.15) is 0 Å². The lowest BCUT2D eigenvalue weighted by molar-refractivity contribution is -0.158. The van der Waals surface area contributed by atoms with Gasteiger partial charge in [0, 0.05) is 11.5 Å². The summed E-state index contributed by atoms with van der Waals surface area (Å²) in [5.74, 6) is -0.628. The lowest BCUT2D eigenvalue weighted by Gasteiger charge is -2.44. The Morgan fingerprint density at radius 2 is 1.21 bits per heavy atom. The van der Waals surface area contributed by atoms with Gasteiger partial charge in [-0.3, -0.25) is 14.5 Å². The summed E-state index contributed by atoms with van der Waals surface area (Å²) in [5.41, 5.74) is 2.26. The molecule has 0 bridgehead atoms. The number of rotatable bonds is 6. The minimum atomic E-state index is -1.56. The predicted molar refractivity (Wildman–Crippen MR) is 161 cm³/mol. The van der Waals surface area contributed by atoms with Gasteiger partial charge in [-0.05, 0) is 40.5 Å². The summed E-state index contributed by atoms with van der Waals surface area (Å²) in [6.45, 7) is 0. The first-order valence-corrected chi connectivity index (χ1v) is 14.1. The molecule has 5 aromatic rings. The van der Waals surface area contributed by atoms with Gasteiger partial charge in [0.2, 0.25) is 5.60 Å². The van der Waals surface area contributed by atoms with Gasteiger partial charge in [0.05, 0.1) is 19.2 Å². The highest BCUT2D eigenvalue weighted by Gasteiger charge is 2.67. The molecule has 0 saturated carbocycles. The maximum atomic E-state index is 15.5. The Hall–Kier alpha value is -5.16. The van der Waals surface area contributed by atoms with Crippen LogP contribution in [0.25, 0.3) is 0 Å². The van der Waals surface area contributed by atoms with Crippen molar-refractivity contribution in [2.75, 3.05) is 12.0 Å². The fourth-order valence-corrected chi connectivity index (χ4v) is 6.86. The van der Waals surface area contributed by atoms with Gasteiger partial charge < -0.3 is 9.47 Å². The number of benzene rings is 5. The number of carbonyl (C=O) groups excluding carboxylic acids is 2. The molecule has 1 spiro atoms. The van der Waals surface area contributed by atoms with Crippen molar-refractivity contribution in [2.24, 2.45) is 0 Å². The number of carbonyl (C=O) groups is 2. The molecule has 2 aliphatic rings. The summed E-state index contributed by atoms with van der Waals surface area (Å²) in [6, 6.07) is 45.5. The first-order valence-electron chi connectivity index (χ1n) is 14.1. The first kappa shape index (κ1) is 25.8. The van der Waals surface area contributed by atoms with Crippen LogP contribution < -0.4 is 9.64 Å². The molecule has 0 radical (unpaired) electrons. The molecular weight excluding hydrogens is 522 g/mol. The SMILES string of the molecule is COc1ccc2c(c1)[C@@]1(OC(=O)C[C@H]1c1ccccc1)C(=O)N2C(c1ccccc1)(c1ccccc1)c1ccccc1. The van der Waals surface area contributed by atoms with E-state index in [-0.39, 0.29) is 12.3 Å². The minimum Gasteiger partial charge on any atom is -0.497 e. The number of esters is 1. The smallest absolute Gasteiger partial charge is 0.308 e.